The van der Waals surface area contributed by atoms with Crippen LogP contribution in [0.3, 0.4) is 0 Å². The second kappa shape index (κ2) is 4.58. The molecule has 22 heavy (non-hydrogen) atoms. The summed E-state index contributed by atoms with van der Waals surface area (Å²) in [5.74, 6) is 2.60. The number of Topliss-reactive ketones (excluding diaryl/α,β-unsaturated/α-hetero) is 1. The first-order chi connectivity index (χ1) is 10.4. The summed E-state index contributed by atoms with van der Waals surface area (Å²) in [4.78, 5) is 13.3. The number of rotatable bonds is 0. The average molecular weight is 298 g/mol. The maximum atomic E-state index is 13.3. The van der Waals surface area contributed by atoms with Crippen molar-refractivity contribution in [2.75, 3.05) is 0 Å². The first-order valence-corrected chi connectivity index (χ1v) is 9.26. The summed E-state index contributed by atoms with van der Waals surface area (Å²) >= 11 is 0. The van der Waals surface area contributed by atoms with Gasteiger partial charge in [-0.1, -0.05) is 36.6 Å². The van der Waals surface area contributed by atoms with Crippen LogP contribution in [0.25, 0.3) is 0 Å². The van der Waals surface area contributed by atoms with Crippen LogP contribution in [0.4, 0.5) is 0 Å². The van der Waals surface area contributed by atoms with E-state index in [-0.39, 0.29) is 5.41 Å². The molecule has 1 unspecified atom stereocenters. The quantitative estimate of drug-likeness (QED) is 0.542. The lowest BCUT2D eigenvalue weighted by Crippen LogP contribution is -2.50. The minimum absolute atomic E-state index is 0.101. The van der Waals surface area contributed by atoms with Crippen molar-refractivity contribution in [2.24, 2.45) is 28.6 Å². The molecule has 5 atom stereocenters. The lowest BCUT2D eigenvalue weighted by atomic mass is 9.47. The zero-order chi connectivity index (χ0) is 15.7. The molecule has 0 aromatic carbocycles. The van der Waals surface area contributed by atoms with Gasteiger partial charge in [0.05, 0.1) is 0 Å². The maximum Gasteiger partial charge on any atom is 0.143 e. The van der Waals surface area contributed by atoms with Gasteiger partial charge in [0.2, 0.25) is 0 Å². The van der Waals surface area contributed by atoms with E-state index in [9.17, 15) is 4.79 Å². The van der Waals surface area contributed by atoms with Gasteiger partial charge in [-0.05, 0) is 75.5 Å². The summed E-state index contributed by atoms with van der Waals surface area (Å²) in [7, 11) is 0. The molecule has 4 bridgehead atoms. The lowest BCUT2D eigenvalue weighted by molar-refractivity contribution is -0.133. The van der Waals surface area contributed by atoms with E-state index in [4.69, 9.17) is 0 Å². The number of fused-ring (bicyclic) bond motifs is 2. The summed E-state index contributed by atoms with van der Waals surface area (Å²) in [6, 6.07) is 0. The highest BCUT2D eigenvalue weighted by Gasteiger charge is 2.54. The molecule has 5 aliphatic rings. The van der Waals surface area contributed by atoms with E-state index in [1.807, 2.05) is 0 Å². The molecule has 5 rings (SSSR count). The van der Waals surface area contributed by atoms with Crippen molar-refractivity contribution >= 4 is 5.78 Å². The Morgan fingerprint density at radius 1 is 1.09 bits per heavy atom. The van der Waals surface area contributed by atoms with Crippen LogP contribution in [-0.4, -0.2) is 5.78 Å². The number of carbonyl (C=O) groups is 1. The Labute approximate surface area is 135 Å². The fraction of sp³-hybridized carbons (Fsp3) is 0.762. The van der Waals surface area contributed by atoms with Gasteiger partial charge >= 0.3 is 0 Å². The van der Waals surface area contributed by atoms with E-state index >= 15 is 0 Å². The van der Waals surface area contributed by atoms with Crippen LogP contribution in [-0.2, 0) is 4.79 Å². The first-order valence-electron chi connectivity index (χ1n) is 9.26. The minimum Gasteiger partial charge on any atom is -0.299 e. The van der Waals surface area contributed by atoms with E-state index in [2.05, 4.69) is 33.8 Å². The van der Waals surface area contributed by atoms with Crippen LogP contribution in [0, 0.1) is 28.6 Å². The van der Waals surface area contributed by atoms with Gasteiger partial charge < -0.3 is 0 Å². The van der Waals surface area contributed by atoms with Crippen LogP contribution in [0.1, 0.15) is 72.6 Å². The zero-order valence-corrected chi connectivity index (χ0v) is 14.7. The van der Waals surface area contributed by atoms with E-state index < -0.39 is 0 Å². The maximum absolute atomic E-state index is 13.3. The molecule has 0 amide bonds. The molecule has 0 aliphatic heterocycles. The molecule has 0 radical (unpaired) electrons. The van der Waals surface area contributed by atoms with Crippen molar-refractivity contribution in [3.8, 4) is 0 Å². The molecule has 1 heteroatoms. The first kappa shape index (κ1) is 14.7. The number of allylic oxidation sites excluding steroid dienone is 4. The van der Waals surface area contributed by atoms with Crippen LogP contribution in [0.5, 0.6) is 0 Å². The molecule has 0 aromatic heterocycles. The van der Waals surface area contributed by atoms with Crippen LogP contribution >= 0.6 is 0 Å². The smallest absolute Gasteiger partial charge is 0.143 e. The fourth-order valence-electron chi connectivity index (χ4n) is 6.43. The molecule has 0 saturated heterocycles. The molecular weight excluding hydrogens is 268 g/mol. The van der Waals surface area contributed by atoms with E-state index in [1.54, 1.807) is 11.1 Å². The van der Waals surface area contributed by atoms with Gasteiger partial charge in [-0.3, -0.25) is 4.79 Å². The van der Waals surface area contributed by atoms with Gasteiger partial charge in [-0.15, -0.1) is 0 Å². The Bertz CT molecular complexity index is 595. The summed E-state index contributed by atoms with van der Waals surface area (Å²) in [5, 5.41) is 0. The Kier molecular flexibility index (Phi) is 3.07. The summed E-state index contributed by atoms with van der Waals surface area (Å²) in [6.45, 7) is 9.36. The Hall–Kier alpha value is -0.850. The second-order valence-electron chi connectivity index (χ2n) is 9.04. The van der Waals surface area contributed by atoms with Gasteiger partial charge in [-0.25, -0.2) is 0 Å². The van der Waals surface area contributed by atoms with E-state index in [0.29, 0.717) is 17.1 Å². The number of ketones is 1. The third-order valence-electron chi connectivity index (χ3n) is 8.20. The average Bonchev–Trinajstić information content (AvgIpc) is 2.47. The predicted octanol–water partition coefficient (Wildman–Crippen LogP) is 5.46. The summed E-state index contributed by atoms with van der Waals surface area (Å²) < 4.78 is 0. The standard InChI is InChI=1S/C21H30O/c1-13-6-5-8-21(4)17(13)11-16-10-15-7-9-20(16,3)18(14(15)2)12-19(21)22/h6,15-17H,5,7-12H2,1-4H3/t15-,16+,17-,20-,21?/m1/s1. The third-order valence-corrected chi connectivity index (χ3v) is 8.20. The molecule has 0 heterocycles. The molecule has 5 aliphatic carbocycles. The number of hydrogen-bond acceptors (Lipinski definition) is 1. The van der Waals surface area contributed by atoms with Gasteiger partial charge in [0.25, 0.3) is 0 Å². The Balaban J connectivity index is 1.84. The molecule has 2 saturated carbocycles. The summed E-state index contributed by atoms with van der Waals surface area (Å²) in [5.41, 5.74) is 4.85. The number of hydrogen-bond donors (Lipinski definition) is 0. The largest absolute Gasteiger partial charge is 0.299 e. The van der Waals surface area contributed by atoms with Crippen LogP contribution in [0.2, 0.25) is 0 Å². The molecule has 0 aromatic rings. The van der Waals surface area contributed by atoms with Gasteiger partial charge in [0.15, 0.2) is 0 Å². The highest BCUT2D eigenvalue weighted by atomic mass is 16.1. The number of carbonyl (C=O) groups excluding carboxylic acids is 1. The topological polar surface area (TPSA) is 17.1 Å². The normalized spacial score (nSPS) is 47.7. The van der Waals surface area contributed by atoms with Gasteiger partial charge in [0, 0.05) is 11.8 Å². The molecule has 0 spiro atoms. The van der Waals surface area contributed by atoms with E-state index in [1.165, 1.54) is 31.3 Å². The fourth-order valence-corrected chi connectivity index (χ4v) is 6.43. The summed E-state index contributed by atoms with van der Waals surface area (Å²) in [6.07, 6.45) is 10.6. The zero-order valence-electron chi connectivity index (χ0n) is 14.7. The lowest BCUT2D eigenvalue weighted by Gasteiger charge is -2.57. The highest BCUT2D eigenvalue weighted by Crippen LogP contribution is 2.62. The van der Waals surface area contributed by atoms with Crippen molar-refractivity contribution in [2.45, 2.75) is 72.6 Å². The van der Waals surface area contributed by atoms with Crippen molar-refractivity contribution < 1.29 is 4.79 Å². The monoisotopic (exact) mass is 298 g/mol. The SMILES string of the molecule is CC1=CCCC2(C)C(=O)CC3=C(C)[C@@H]4CC[C@]3(C)[C@@H](C4)C[C@H]12. The van der Waals surface area contributed by atoms with Gasteiger partial charge in [-0.2, -0.15) is 0 Å². The minimum atomic E-state index is -0.101. The molecule has 120 valence electrons. The highest BCUT2D eigenvalue weighted by molar-refractivity contribution is 5.88. The molecule has 1 nitrogen and oxygen atoms in total. The predicted molar refractivity (Wildman–Crippen MR) is 90.5 cm³/mol. The molecule has 2 fully saturated rings. The third kappa shape index (κ3) is 1.74. The van der Waals surface area contributed by atoms with Crippen LogP contribution in [0.15, 0.2) is 22.8 Å². The van der Waals surface area contributed by atoms with Crippen molar-refractivity contribution in [3.05, 3.63) is 22.8 Å². The second-order valence-corrected chi connectivity index (χ2v) is 9.04. The van der Waals surface area contributed by atoms with Crippen molar-refractivity contribution in [1.29, 1.82) is 0 Å². The Morgan fingerprint density at radius 2 is 1.86 bits per heavy atom. The van der Waals surface area contributed by atoms with E-state index in [0.717, 1.165) is 31.1 Å². The van der Waals surface area contributed by atoms with Crippen molar-refractivity contribution in [1.82, 2.24) is 0 Å². The molecule has 0 N–H and O–H groups in total. The Morgan fingerprint density at radius 3 is 2.64 bits per heavy atom. The van der Waals surface area contributed by atoms with Crippen LogP contribution < -0.4 is 0 Å². The van der Waals surface area contributed by atoms with Gasteiger partial charge in [0.1, 0.15) is 5.78 Å². The molecular formula is C21H30O. The van der Waals surface area contributed by atoms with Crippen molar-refractivity contribution in [3.63, 3.8) is 0 Å².